The van der Waals surface area contributed by atoms with E-state index in [1.807, 2.05) is 45.0 Å². The zero-order chi connectivity index (χ0) is 21.0. The maximum absolute atomic E-state index is 13.0. The smallest absolute Gasteiger partial charge is 0.308 e. The summed E-state index contributed by atoms with van der Waals surface area (Å²) in [5, 5.41) is 2.86. The summed E-state index contributed by atoms with van der Waals surface area (Å²) < 4.78 is 10.5. The van der Waals surface area contributed by atoms with Crippen LogP contribution in [0.25, 0.3) is 0 Å². The lowest BCUT2D eigenvalue weighted by Crippen LogP contribution is -2.37. The zero-order valence-electron chi connectivity index (χ0n) is 17.2. The molecule has 2 aromatic rings. The molecular formula is C23H27NO4S. The van der Waals surface area contributed by atoms with Crippen molar-refractivity contribution in [2.45, 2.75) is 55.9 Å². The molecule has 0 radical (unpaired) electrons. The number of methoxy groups -OCH3 is 1. The quantitative estimate of drug-likeness (QED) is 0.689. The first-order valence-corrected chi connectivity index (χ1v) is 10.6. The lowest BCUT2D eigenvalue weighted by Gasteiger charge is -2.21. The van der Waals surface area contributed by atoms with Gasteiger partial charge in [-0.15, -0.1) is 11.8 Å². The van der Waals surface area contributed by atoms with Crippen LogP contribution in [0.15, 0.2) is 47.4 Å². The fraction of sp³-hybridized carbons (Fsp3) is 0.391. The molecule has 1 amide bonds. The Balaban J connectivity index is 1.73. The molecule has 5 nitrogen and oxygen atoms in total. The minimum absolute atomic E-state index is 0.0676. The molecule has 1 heterocycles. The van der Waals surface area contributed by atoms with E-state index >= 15 is 0 Å². The molecule has 154 valence electrons. The Hall–Kier alpha value is -2.47. The van der Waals surface area contributed by atoms with Crippen molar-refractivity contribution in [2.24, 2.45) is 0 Å². The van der Waals surface area contributed by atoms with Gasteiger partial charge in [0.2, 0.25) is 5.91 Å². The van der Waals surface area contributed by atoms with Crippen molar-refractivity contribution in [3.05, 3.63) is 59.2 Å². The van der Waals surface area contributed by atoms with Crippen LogP contribution in [0.1, 0.15) is 43.0 Å². The van der Waals surface area contributed by atoms with Crippen molar-refractivity contribution < 1.29 is 19.1 Å². The van der Waals surface area contributed by atoms with E-state index in [0.717, 1.165) is 16.2 Å². The van der Waals surface area contributed by atoms with Crippen LogP contribution in [0.2, 0.25) is 0 Å². The number of ether oxygens (including phenoxy) is 2. The molecule has 0 aliphatic carbocycles. The number of benzene rings is 2. The van der Waals surface area contributed by atoms with Crippen molar-refractivity contribution in [2.75, 3.05) is 7.11 Å². The number of fused-ring (bicyclic) bond motifs is 1. The standard InChI is InChI=1S/C23H27NO4S/c1-14(2)28-22(25)13-19(16-7-9-18(27-4)10-8-16)24-23(26)21-12-17-6-5-15(3)11-20(17)29-21/h5-11,14,19,21H,12-13H2,1-4H3,(H,24,26). The molecule has 0 saturated heterocycles. The third-order valence-electron chi connectivity index (χ3n) is 4.76. The van der Waals surface area contributed by atoms with Gasteiger partial charge in [-0.2, -0.15) is 0 Å². The number of amides is 1. The van der Waals surface area contributed by atoms with Gasteiger partial charge in [0.15, 0.2) is 0 Å². The van der Waals surface area contributed by atoms with Crippen LogP contribution in [-0.4, -0.2) is 30.3 Å². The molecule has 1 aliphatic heterocycles. The van der Waals surface area contributed by atoms with E-state index in [1.165, 1.54) is 11.1 Å². The Bertz CT molecular complexity index is 879. The van der Waals surface area contributed by atoms with Crippen LogP contribution in [0, 0.1) is 6.92 Å². The second-order valence-corrected chi connectivity index (χ2v) is 8.74. The average Bonchev–Trinajstić information content (AvgIpc) is 3.10. The third kappa shape index (κ3) is 5.54. The van der Waals surface area contributed by atoms with Gasteiger partial charge in [-0.25, -0.2) is 0 Å². The van der Waals surface area contributed by atoms with Crippen LogP contribution >= 0.6 is 11.8 Å². The Kier molecular flexibility index (Phi) is 6.85. The molecule has 0 saturated carbocycles. The first kappa shape index (κ1) is 21.2. The van der Waals surface area contributed by atoms with Gasteiger partial charge in [0.1, 0.15) is 5.75 Å². The Morgan fingerprint density at radius 1 is 1.17 bits per heavy atom. The molecule has 0 fully saturated rings. The van der Waals surface area contributed by atoms with Crippen molar-refractivity contribution in [3.8, 4) is 5.75 Å². The number of rotatable bonds is 7. The summed E-state index contributed by atoms with van der Waals surface area (Å²) in [6, 6.07) is 13.2. The first-order valence-electron chi connectivity index (χ1n) is 9.75. The predicted molar refractivity (Wildman–Crippen MR) is 114 cm³/mol. The number of thioether (sulfide) groups is 1. The highest BCUT2D eigenvalue weighted by atomic mass is 32.2. The van der Waals surface area contributed by atoms with Crippen LogP contribution in [0.4, 0.5) is 0 Å². The summed E-state index contributed by atoms with van der Waals surface area (Å²) in [4.78, 5) is 26.4. The summed E-state index contributed by atoms with van der Waals surface area (Å²) in [7, 11) is 1.60. The number of esters is 1. The molecule has 1 N–H and O–H groups in total. The lowest BCUT2D eigenvalue weighted by molar-refractivity contribution is -0.148. The SMILES string of the molecule is COc1ccc(C(CC(=O)OC(C)C)NC(=O)C2Cc3ccc(C)cc3S2)cc1. The van der Waals surface area contributed by atoms with E-state index in [4.69, 9.17) is 9.47 Å². The maximum Gasteiger partial charge on any atom is 0.308 e. The van der Waals surface area contributed by atoms with Gasteiger partial charge in [0, 0.05) is 4.90 Å². The largest absolute Gasteiger partial charge is 0.497 e. The summed E-state index contributed by atoms with van der Waals surface area (Å²) in [5.41, 5.74) is 3.22. The fourth-order valence-corrected chi connectivity index (χ4v) is 4.61. The Morgan fingerprint density at radius 3 is 2.55 bits per heavy atom. The second kappa shape index (κ2) is 9.35. The van der Waals surface area contributed by atoms with Gasteiger partial charge in [-0.1, -0.05) is 29.8 Å². The molecule has 2 aromatic carbocycles. The molecular weight excluding hydrogens is 386 g/mol. The van der Waals surface area contributed by atoms with Crippen molar-refractivity contribution in [3.63, 3.8) is 0 Å². The molecule has 3 rings (SSSR count). The molecule has 2 atom stereocenters. The minimum Gasteiger partial charge on any atom is -0.497 e. The van der Waals surface area contributed by atoms with Crippen LogP contribution in [-0.2, 0) is 20.7 Å². The summed E-state index contributed by atoms with van der Waals surface area (Å²) >= 11 is 1.58. The summed E-state index contributed by atoms with van der Waals surface area (Å²) in [5.74, 6) is 0.321. The van der Waals surface area contributed by atoms with Gasteiger partial charge < -0.3 is 14.8 Å². The van der Waals surface area contributed by atoms with Gasteiger partial charge in [-0.05, 0) is 56.5 Å². The first-order chi connectivity index (χ1) is 13.9. The average molecular weight is 414 g/mol. The monoisotopic (exact) mass is 413 g/mol. The highest BCUT2D eigenvalue weighted by Crippen LogP contribution is 2.38. The van der Waals surface area contributed by atoms with E-state index in [9.17, 15) is 9.59 Å². The third-order valence-corrected chi connectivity index (χ3v) is 6.06. The highest BCUT2D eigenvalue weighted by Gasteiger charge is 2.30. The lowest BCUT2D eigenvalue weighted by atomic mass is 10.0. The van der Waals surface area contributed by atoms with Crippen molar-refractivity contribution >= 4 is 23.6 Å². The molecule has 6 heteroatoms. The number of hydrogen-bond donors (Lipinski definition) is 1. The van der Waals surface area contributed by atoms with Gasteiger partial charge in [-0.3, -0.25) is 9.59 Å². The maximum atomic E-state index is 13.0. The van der Waals surface area contributed by atoms with Crippen molar-refractivity contribution in [1.29, 1.82) is 0 Å². The summed E-state index contributed by atoms with van der Waals surface area (Å²) in [6.07, 6.45) is 0.579. The highest BCUT2D eigenvalue weighted by molar-refractivity contribution is 8.01. The molecule has 2 unspecified atom stereocenters. The number of nitrogens with one attached hydrogen (secondary N) is 1. The van der Waals surface area contributed by atoms with E-state index in [-0.39, 0.29) is 29.7 Å². The number of carbonyl (C=O) groups excluding carboxylic acids is 2. The normalized spacial score (nSPS) is 16.2. The minimum atomic E-state index is -0.453. The second-order valence-electron chi connectivity index (χ2n) is 7.50. The van der Waals surface area contributed by atoms with Gasteiger partial charge in [0.25, 0.3) is 0 Å². The zero-order valence-corrected chi connectivity index (χ0v) is 18.0. The topological polar surface area (TPSA) is 64.6 Å². The van der Waals surface area contributed by atoms with E-state index in [1.54, 1.807) is 18.9 Å². The summed E-state index contributed by atoms with van der Waals surface area (Å²) in [6.45, 7) is 5.68. The van der Waals surface area contributed by atoms with Gasteiger partial charge >= 0.3 is 5.97 Å². The van der Waals surface area contributed by atoms with Crippen LogP contribution in [0.3, 0.4) is 0 Å². The molecule has 0 aromatic heterocycles. The van der Waals surface area contributed by atoms with E-state index in [0.29, 0.717) is 6.42 Å². The fourth-order valence-electron chi connectivity index (χ4n) is 3.31. The van der Waals surface area contributed by atoms with E-state index < -0.39 is 6.04 Å². The van der Waals surface area contributed by atoms with Crippen molar-refractivity contribution in [1.82, 2.24) is 5.32 Å². The number of aryl methyl sites for hydroxylation is 1. The molecule has 1 aliphatic rings. The van der Waals surface area contributed by atoms with Gasteiger partial charge in [0.05, 0.1) is 30.9 Å². The van der Waals surface area contributed by atoms with Crippen LogP contribution in [0.5, 0.6) is 5.75 Å². The molecule has 29 heavy (non-hydrogen) atoms. The number of carbonyl (C=O) groups is 2. The number of hydrogen-bond acceptors (Lipinski definition) is 5. The Morgan fingerprint density at radius 2 is 1.90 bits per heavy atom. The molecule has 0 bridgehead atoms. The van der Waals surface area contributed by atoms with E-state index in [2.05, 4.69) is 23.5 Å². The predicted octanol–water partition coefficient (Wildman–Crippen LogP) is 4.22. The van der Waals surface area contributed by atoms with Crippen LogP contribution < -0.4 is 10.1 Å². The Labute approximate surface area is 176 Å². The molecule has 0 spiro atoms.